The molecular weight excluding hydrogens is 302 g/mol. The van der Waals surface area contributed by atoms with Gasteiger partial charge >= 0.3 is 0 Å². The molecule has 0 bridgehead atoms. The Morgan fingerprint density at radius 3 is 2.96 bits per heavy atom. The van der Waals surface area contributed by atoms with Crippen LogP contribution >= 0.6 is 0 Å². The SMILES string of the molecule is CCCn1ncc2c1NC(=O)CC2c1c(CC)oc2ccccc12. The van der Waals surface area contributed by atoms with Crippen molar-refractivity contribution in [3.8, 4) is 0 Å². The zero-order valence-electron chi connectivity index (χ0n) is 14.0. The van der Waals surface area contributed by atoms with E-state index in [0.29, 0.717) is 6.42 Å². The van der Waals surface area contributed by atoms with Crippen molar-refractivity contribution in [3.63, 3.8) is 0 Å². The lowest BCUT2D eigenvalue weighted by molar-refractivity contribution is -0.116. The van der Waals surface area contributed by atoms with Crippen LogP contribution in [0.1, 0.15) is 49.5 Å². The number of hydrogen-bond donors (Lipinski definition) is 1. The van der Waals surface area contributed by atoms with Crippen molar-refractivity contribution in [1.29, 1.82) is 0 Å². The Balaban J connectivity index is 1.91. The second-order valence-electron chi connectivity index (χ2n) is 6.27. The van der Waals surface area contributed by atoms with E-state index in [2.05, 4.69) is 30.3 Å². The molecule has 0 saturated heterocycles. The number of hydrogen-bond acceptors (Lipinski definition) is 3. The molecule has 0 fully saturated rings. The average Bonchev–Trinajstić information content (AvgIpc) is 3.16. The highest BCUT2D eigenvalue weighted by Crippen LogP contribution is 2.42. The second kappa shape index (κ2) is 5.82. The Morgan fingerprint density at radius 2 is 2.17 bits per heavy atom. The molecule has 0 spiro atoms. The van der Waals surface area contributed by atoms with E-state index in [4.69, 9.17) is 4.42 Å². The third-order valence-electron chi connectivity index (χ3n) is 4.71. The van der Waals surface area contributed by atoms with Crippen molar-refractivity contribution in [2.75, 3.05) is 5.32 Å². The fraction of sp³-hybridized carbons (Fsp3) is 0.368. The Hall–Kier alpha value is -2.56. The number of nitrogens with zero attached hydrogens (tertiary/aromatic N) is 2. The molecule has 0 saturated carbocycles. The van der Waals surface area contributed by atoms with Crippen molar-refractivity contribution >= 4 is 22.7 Å². The largest absolute Gasteiger partial charge is 0.461 e. The van der Waals surface area contributed by atoms with E-state index < -0.39 is 0 Å². The minimum atomic E-state index is -0.00189. The fourth-order valence-corrected chi connectivity index (χ4v) is 3.67. The fourth-order valence-electron chi connectivity index (χ4n) is 3.67. The van der Waals surface area contributed by atoms with Gasteiger partial charge < -0.3 is 9.73 Å². The van der Waals surface area contributed by atoms with Gasteiger partial charge in [-0.3, -0.25) is 4.79 Å². The molecule has 1 atom stereocenters. The highest BCUT2D eigenvalue weighted by Gasteiger charge is 2.33. The molecule has 0 radical (unpaired) electrons. The standard InChI is InChI=1S/C19H21N3O2/c1-3-9-22-19-14(11-20-22)13(10-17(23)21-19)18-12-7-5-6-8-16(12)24-15(18)4-2/h5-8,11,13H,3-4,9-10H2,1-2H3,(H,21,23). The molecule has 24 heavy (non-hydrogen) atoms. The van der Waals surface area contributed by atoms with Crippen LogP contribution in [0.4, 0.5) is 5.82 Å². The van der Waals surface area contributed by atoms with Crippen molar-refractivity contribution in [1.82, 2.24) is 9.78 Å². The van der Waals surface area contributed by atoms with E-state index in [-0.39, 0.29) is 11.8 Å². The predicted octanol–water partition coefficient (Wildman–Crippen LogP) is 4.08. The van der Waals surface area contributed by atoms with Crippen LogP contribution in [-0.4, -0.2) is 15.7 Å². The minimum absolute atomic E-state index is 0.00189. The molecule has 2 aromatic heterocycles. The van der Waals surface area contributed by atoms with Gasteiger partial charge in [0.2, 0.25) is 5.91 Å². The number of carbonyl (C=O) groups excluding carboxylic acids is 1. The number of fused-ring (bicyclic) bond motifs is 2. The number of benzene rings is 1. The summed E-state index contributed by atoms with van der Waals surface area (Å²) in [6, 6.07) is 8.07. The number of aryl methyl sites for hydroxylation is 2. The Labute approximate surface area is 140 Å². The molecule has 1 unspecified atom stereocenters. The molecule has 3 heterocycles. The highest BCUT2D eigenvalue weighted by molar-refractivity contribution is 5.96. The second-order valence-corrected chi connectivity index (χ2v) is 6.27. The first kappa shape index (κ1) is 15.0. The van der Waals surface area contributed by atoms with Crippen LogP contribution in [-0.2, 0) is 17.8 Å². The lowest BCUT2D eigenvalue weighted by Gasteiger charge is -2.23. The lowest BCUT2D eigenvalue weighted by Crippen LogP contribution is -2.25. The molecular formula is C19H21N3O2. The number of para-hydroxylation sites is 1. The van der Waals surface area contributed by atoms with Gasteiger partial charge in [0.05, 0.1) is 6.20 Å². The lowest BCUT2D eigenvalue weighted by atomic mass is 9.85. The molecule has 1 aromatic carbocycles. The summed E-state index contributed by atoms with van der Waals surface area (Å²) in [5.41, 5.74) is 3.11. The summed E-state index contributed by atoms with van der Waals surface area (Å²) in [5, 5.41) is 8.59. The molecule has 1 aliphatic heterocycles. The summed E-state index contributed by atoms with van der Waals surface area (Å²) in [4.78, 5) is 12.3. The first-order valence-corrected chi connectivity index (χ1v) is 8.58. The number of furan rings is 1. The van der Waals surface area contributed by atoms with Gasteiger partial charge in [-0.25, -0.2) is 4.68 Å². The molecule has 5 heteroatoms. The Kier molecular flexibility index (Phi) is 3.63. The normalized spacial score (nSPS) is 17.1. The maximum Gasteiger partial charge on any atom is 0.226 e. The van der Waals surface area contributed by atoms with Crippen LogP contribution in [0.25, 0.3) is 11.0 Å². The quantitative estimate of drug-likeness (QED) is 0.787. The van der Waals surface area contributed by atoms with Crippen LogP contribution in [0.5, 0.6) is 0 Å². The van der Waals surface area contributed by atoms with E-state index in [1.165, 1.54) is 0 Å². The van der Waals surface area contributed by atoms with E-state index in [9.17, 15) is 4.79 Å². The van der Waals surface area contributed by atoms with E-state index >= 15 is 0 Å². The zero-order valence-corrected chi connectivity index (χ0v) is 14.0. The summed E-state index contributed by atoms with van der Waals surface area (Å²) >= 11 is 0. The number of aromatic nitrogens is 2. The predicted molar refractivity (Wildman–Crippen MR) is 93.2 cm³/mol. The van der Waals surface area contributed by atoms with Crippen molar-refractivity contribution in [2.24, 2.45) is 0 Å². The van der Waals surface area contributed by atoms with Crippen molar-refractivity contribution in [2.45, 2.75) is 45.6 Å². The number of nitrogens with one attached hydrogen (secondary N) is 1. The molecule has 1 aliphatic rings. The monoisotopic (exact) mass is 323 g/mol. The Morgan fingerprint density at radius 1 is 1.33 bits per heavy atom. The summed E-state index contributed by atoms with van der Waals surface area (Å²) < 4.78 is 7.94. The van der Waals surface area contributed by atoms with Gasteiger partial charge in [0.15, 0.2) is 0 Å². The molecule has 4 rings (SSSR count). The Bertz CT molecular complexity index is 907. The molecule has 1 N–H and O–H groups in total. The van der Waals surface area contributed by atoms with Crippen molar-refractivity contribution < 1.29 is 9.21 Å². The first-order chi connectivity index (χ1) is 11.7. The van der Waals surface area contributed by atoms with Crippen LogP contribution in [0.3, 0.4) is 0 Å². The maximum absolute atomic E-state index is 12.3. The van der Waals surface area contributed by atoms with Crippen LogP contribution < -0.4 is 5.32 Å². The van der Waals surface area contributed by atoms with Gasteiger partial charge in [-0.05, 0) is 12.5 Å². The number of anilines is 1. The van der Waals surface area contributed by atoms with Gasteiger partial charge in [0.25, 0.3) is 0 Å². The first-order valence-electron chi connectivity index (χ1n) is 8.58. The summed E-state index contributed by atoms with van der Waals surface area (Å²) in [5.74, 6) is 1.84. The highest BCUT2D eigenvalue weighted by atomic mass is 16.3. The molecule has 124 valence electrons. The molecule has 5 nitrogen and oxygen atoms in total. The number of amides is 1. The summed E-state index contributed by atoms with van der Waals surface area (Å²) in [7, 11) is 0. The van der Waals surface area contributed by atoms with Gasteiger partial charge in [-0.2, -0.15) is 5.10 Å². The topological polar surface area (TPSA) is 60.1 Å². The van der Waals surface area contributed by atoms with Crippen LogP contribution in [0.2, 0.25) is 0 Å². The van der Waals surface area contributed by atoms with E-state index in [0.717, 1.165) is 53.1 Å². The molecule has 0 aliphatic carbocycles. The van der Waals surface area contributed by atoms with Gasteiger partial charge in [0, 0.05) is 41.8 Å². The smallest absolute Gasteiger partial charge is 0.226 e. The van der Waals surface area contributed by atoms with Crippen molar-refractivity contribution in [3.05, 3.63) is 47.3 Å². The third kappa shape index (κ3) is 2.23. The van der Waals surface area contributed by atoms with Crippen LogP contribution in [0.15, 0.2) is 34.9 Å². The molecule has 1 amide bonds. The minimum Gasteiger partial charge on any atom is -0.461 e. The third-order valence-corrected chi connectivity index (χ3v) is 4.71. The van der Waals surface area contributed by atoms with E-state index in [1.807, 2.05) is 29.1 Å². The van der Waals surface area contributed by atoms with Crippen LogP contribution in [0, 0.1) is 0 Å². The maximum atomic E-state index is 12.3. The van der Waals surface area contributed by atoms with Gasteiger partial charge in [0.1, 0.15) is 17.2 Å². The number of rotatable bonds is 4. The molecule has 3 aromatic rings. The summed E-state index contributed by atoms with van der Waals surface area (Å²) in [6.07, 6.45) is 4.11. The van der Waals surface area contributed by atoms with E-state index in [1.54, 1.807) is 0 Å². The van der Waals surface area contributed by atoms with Gasteiger partial charge in [-0.1, -0.05) is 32.0 Å². The average molecular weight is 323 g/mol. The number of carbonyl (C=O) groups is 1. The van der Waals surface area contributed by atoms with Gasteiger partial charge in [-0.15, -0.1) is 0 Å². The summed E-state index contributed by atoms with van der Waals surface area (Å²) in [6.45, 7) is 5.00. The zero-order chi connectivity index (χ0) is 16.7.